The summed E-state index contributed by atoms with van der Waals surface area (Å²) < 4.78 is 0. The highest BCUT2D eigenvalue weighted by Gasteiger charge is 2.22. The van der Waals surface area contributed by atoms with E-state index >= 15 is 0 Å². The van der Waals surface area contributed by atoms with E-state index in [1.807, 2.05) is 20.8 Å². The lowest BCUT2D eigenvalue weighted by Gasteiger charge is -2.20. The average molecular weight is 267 g/mol. The predicted molar refractivity (Wildman–Crippen MR) is 70.7 cm³/mol. The Bertz CT molecular complexity index is 453. The molecule has 0 bridgehead atoms. The summed E-state index contributed by atoms with van der Waals surface area (Å²) in [5.41, 5.74) is 0. The standard InChI is InChI=1S/C12H21N5O2/c1-6-17(7-9(18)16(4)5)12(19)11-13-10(8(2)3)14-15-11/h8H,6-7H2,1-5H3,(H,13,14,15). The molecule has 0 saturated heterocycles. The van der Waals surface area contributed by atoms with E-state index in [0.29, 0.717) is 12.4 Å². The molecular formula is C12H21N5O2. The van der Waals surface area contributed by atoms with E-state index in [2.05, 4.69) is 15.2 Å². The Hall–Kier alpha value is -1.92. The van der Waals surface area contributed by atoms with Gasteiger partial charge in [-0.3, -0.25) is 14.7 Å². The molecule has 19 heavy (non-hydrogen) atoms. The first kappa shape index (κ1) is 15.1. The fourth-order valence-corrected chi connectivity index (χ4v) is 1.40. The van der Waals surface area contributed by atoms with Crippen molar-refractivity contribution in [2.24, 2.45) is 0 Å². The van der Waals surface area contributed by atoms with Crippen LogP contribution in [0.4, 0.5) is 0 Å². The summed E-state index contributed by atoms with van der Waals surface area (Å²) in [6.45, 7) is 6.21. The lowest BCUT2D eigenvalue weighted by atomic mass is 10.2. The molecule has 106 valence electrons. The summed E-state index contributed by atoms with van der Waals surface area (Å²) in [6.07, 6.45) is 0. The van der Waals surface area contributed by atoms with Crippen molar-refractivity contribution in [2.75, 3.05) is 27.2 Å². The first-order valence-corrected chi connectivity index (χ1v) is 6.28. The molecule has 0 spiro atoms. The minimum atomic E-state index is -0.333. The van der Waals surface area contributed by atoms with Gasteiger partial charge in [0, 0.05) is 26.6 Å². The van der Waals surface area contributed by atoms with Gasteiger partial charge in [-0.15, -0.1) is 5.10 Å². The van der Waals surface area contributed by atoms with Crippen molar-refractivity contribution in [3.8, 4) is 0 Å². The molecule has 0 radical (unpaired) electrons. The SMILES string of the molecule is CCN(CC(=O)N(C)C)C(=O)c1n[nH]c(C(C)C)n1. The molecule has 0 aliphatic heterocycles. The number of nitrogens with zero attached hydrogens (tertiary/aromatic N) is 4. The number of aromatic nitrogens is 3. The van der Waals surface area contributed by atoms with Gasteiger partial charge in [0.2, 0.25) is 11.7 Å². The van der Waals surface area contributed by atoms with Gasteiger partial charge in [0.05, 0.1) is 0 Å². The molecular weight excluding hydrogens is 246 g/mol. The number of aromatic amines is 1. The lowest BCUT2D eigenvalue weighted by Crippen LogP contribution is -2.40. The number of carbonyl (C=O) groups excluding carboxylic acids is 2. The molecule has 0 fully saturated rings. The number of hydrogen-bond donors (Lipinski definition) is 1. The van der Waals surface area contributed by atoms with E-state index in [1.165, 1.54) is 9.80 Å². The predicted octanol–water partition coefficient (Wildman–Crippen LogP) is 0.478. The van der Waals surface area contributed by atoms with Crippen LogP contribution in [-0.4, -0.2) is 64.0 Å². The topological polar surface area (TPSA) is 82.2 Å². The molecule has 1 heterocycles. The Morgan fingerprint density at radius 2 is 1.95 bits per heavy atom. The second kappa shape index (κ2) is 6.31. The molecule has 2 amide bonds. The molecule has 1 aromatic rings. The summed E-state index contributed by atoms with van der Waals surface area (Å²) in [5, 5.41) is 6.64. The molecule has 0 atom stereocenters. The molecule has 7 nitrogen and oxygen atoms in total. The normalized spacial score (nSPS) is 10.6. The van der Waals surface area contributed by atoms with Crippen LogP contribution in [0.5, 0.6) is 0 Å². The van der Waals surface area contributed by atoms with Crippen LogP contribution in [0.15, 0.2) is 0 Å². The summed E-state index contributed by atoms with van der Waals surface area (Å²) in [6, 6.07) is 0. The lowest BCUT2D eigenvalue weighted by molar-refractivity contribution is -0.129. The van der Waals surface area contributed by atoms with Crippen LogP contribution < -0.4 is 0 Å². The van der Waals surface area contributed by atoms with Gasteiger partial charge < -0.3 is 9.80 Å². The molecule has 0 aliphatic rings. The van der Waals surface area contributed by atoms with Crippen LogP contribution in [0, 0.1) is 0 Å². The van der Waals surface area contributed by atoms with E-state index in [4.69, 9.17) is 0 Å². The fourth-order valence-electron chi connectivity index (χ4n) is 1.40. The fraction of sp³-hybridized carbons (Fsp3) is 0.667. The number of likely N-dealkylation sites (N-methyl/N-ethyl adjacent to an activating group) is 2. The van der Waals surface area contributed by atoms with Crippen LogP contribution in [0.25, 0.3) is 0 Å². The monoisotopic (exact) mass is 267 g/mol. The van der Waals surface area contributed by atoms with Gasteiger partial charge in [-0.2, -0.15) is 0 Å². The molecule has 0 saturated carbocycles. The van der Waals surface area contributed by atoms with E-state index in [1.54, 1.807) is 14.1 Å². The number of nitrogens with one attached hydrogen (secondary N) is 1. The zero-order valence-electron chi connectivity index (χ0n) is 12.1. The summed E-state index contributed by atoms with van der Waals surface area (Å²) in [4.78, 5) is 30.9. The van der Waals surface area contributed by atoms with Gasteiger partial charge in [0.1, 0.15) is 12.4 Å². The van der Waals surface area contributed by atoms with Gasteiger partial charge >= 0.3 is 0 Å². The number of carbonyl (C=O) groups is 2. The Kier molecular flexibility index (Phi) is 5.02. The summed E-state index contributed by atoms with van der Waals surface area (Å²) in [5.74, 6) is 0.485. The van der Waals surface area contributed by atoms with Crippen molar-refractivity contribution >= 4 is 11.8 Å². The number of H-pyrrole nitrogens is 1. The number of rotatable bonds is 5. The van der Waals surface area contributed by atoms with E-state index in [0.717, 1.165) is 0 Å². The van der Waals surface area contributed by atoms with E-state index in [-0.39, 0.29) is 30.1 Å². The van der Waals surface area contributed by atoms with Gasteiger partial charge in [-0.05, 0) is 6.92 Å². The molecule has 0 unspecified atom stereocenters. The summed E-state index contributed by atoms with van der Waals surface area (Å²) in [7, 11) is 3.31. The second-order valence-electron chi connectivity index (χ2n) is 4.81. The highest BCUT2D eigenvalue weighted by Crippen LogP contribution is 2.09. The van der Waals surface area contributed by atoms with Gasteiger partial charge in [-0.1, -0.05) is 13.8 Å². The second-order valence-corrected chi connectivity index (χ2v) is 4.81. The number of amides is 2. The quantitative estimate of drug-likeness (QED) is 0.841. The van der Waals surface area contributed by atoms with E-state index in [9.17, 15) is 9.59 Å². The Morgan fingerprint density at radius 3 is 2.37 bits per heavy atom. The van der Waals surface area contributed by atoms with Crippen molar-refractivity contribution in [1.82, 2.24) is 25.0 Å². The zero-order chi connectivity index (χ0) is 14.6. The van der Waals surface area contributed by atoms with Crippen LogP contribution in [0.2, 0.25) is 0 Å². The Balaban J connectivity index is 2.80. The van der Waals surface area contributed by atoms with Crippen LogP contribution in [0.1, 0.15) is 43.1 Å². The largest absolute Gasteiger partial charge is 0.347 e. The highest BCUT2D eigenvalue weighted by atomic mass is 16.2. The minimum Gasteiger partial charge on any atom is -0.347 e. The van der Waals surface area contributed by atoms with Crippen LogP contribution in [0.3, 0.4) is 0 Å². The van der Waals surface area contributed by atoms with Gasteiger partial charge in [-0.25, -0.2) is 4.98 Å². The van der Waals surface area contributed by atoms with Crippen molar-refractivity contribution < 1.29 is 9.59 Å². The number of hydrogen-bond acceptors (Lipinski definition) is 4. The van der Waals surface area contributed by atoms with Crippen molar-refractivity contribution in [2.45, 2.75) is 26.7 Å². The minimum absolute atomic E-state index is 0.0356. The molecule has 0 aliphatic carbocycles. The third-order valence-corrected chi connectivity index (χ3v) is 2.73. The first-order chi connectivity index (χ1) is 8.86. The maximum atomic E-state index is 12.2. The zero-order valence-corrected chi connectivity index (χ0v) is 12.1. The third-order valence-electron chi connectivity index (χ3n) is 2.73. The molecule has 1 rings (SSSR count). The molecule has 7 heteroatoms. The van der Waals surface area contributed by atoms with Crippen LogP contribution >= 0.6 is 0 Å². The van der Waals surface area contributed by atoms with Gasteiger partial charge in [0.15, 0.2) is 0 Å². The Labute approximate surface area is 113 Å². The van der Waals surface area contributed by atoms with Crippen LogP contribution in [-0.2, 0) is 4.79 Å². The molecule has 1 N–H and O–H groups in total. The first-order valence-electron chi connectivity index (χ1n) is 6.28. The van der Waals surface area contributed by atoms with E-state index < -0.39 is 0 Å². The third kappa shape index (κ3) is 3.77. The Morgan fingerprint density at radius 1 is 1.32 bits per heavy atom. The molecule has 1 aromatic heterocycles. The highest BCUT2D eigenvalue weighted by molar-refractivity contribution is 5.93. The van der Waals surface area contributed by atoms with Gasteiger partial charge in [0.25, 0.3) is 5.91 Å². The summed E-state index contributed by atoms with van der Waals surface area (Å²) >= 11 is 0. The van der Waals surface area contributed by atoms with Crippen molar-refractivity contribution in [1.29, 1.82) is 0 Å². The molecule has 0 aromatic carbocycles. The van der Waals surface area contributed by atoms with Crippen molar-refractivity contribution in [3.63, 3.8) is 0 Å². The van der Waals surface area contributed by atoms with Crippen molar-refractivity contribution in [3.05, 3.63) is 11.6 Å². The maximum Gasteiger partial charge on any atom is 0.293 e. The smallest absolute Gasteiger partial charge is 0.293 e. The maximum absolute atomic E-state index is 12.2. The average Bonchev–Trinajstić information content (AvgIpc) is 2.84.